The summed E-state index contributed by atoms with van der Waals surface area (Å²) in [6.07, 6.45) is -0.660. The van der Waals surface area contributed by atoms with Gasteiger partial charge in [-0.1, -0.05) is 18.2 Å². The molecule has 1 heterocycles. The van der Waals surface area contributed by atoms with Crippen LogP contribution in [0.15, 0.2) is 39.5 Å². The van der Waals surface area contributed by atoms with Crippen LogP contribution < -0.4 is 5.73 Å². The average molecular weight is 284 g/mol. The second-order valence-electron chi connectivity index (χ2n) is 3.21. The Morgan fingerprint density at radius 3 is 2.53 bits per heavy atom. The van der Waals surface area contributed by atoms with Crippen LogP contribution in [0.25, 0.3) is 0 Å². The zero-order chi connectivity index (χ0) is 10.8. The minimum Gasteiger partial charge on any atom is -0.398 e. The maximum Gasteiger partial charge on any atom is 0.108 e. The number of para-hydroxylation sites is 1. The second kappa shape index (κ2) is 4.35. The van der Waals surface area contributed by atoms with Gasteiger partial charge in [0.15, 0.2) is 0 Å². The van der Waals surface area contributed by atoms with Crippen LogP contribution in [0, 0.1) is 0 Å². The molecule has 0 fully saturated rings. The van der Waals surface area contributed by atoms with Crippen LogP contribution in [0.5, 0.6) is 0 Å². The van der Waals surface area contributed by atoms with Crippen molar-refractivity contribution in [2.24, 2.45) is 0 Å². The van der Waals surface area contributed by atoms with Crippen LogP contribution >= 0.6 is 27.3 Å². The van der Waals surface area contributed by atoms with Crippen molar-refractivity contribution >= 4 is 33.0 Å². The predicted molar refractivity (Wildman–Crippen MR) is 66.9 cm³/mol. The summed E-state index contributed by atoms with van der Waals surface area (Å²) in [7, 11) is 0. The van der Waals surface area contributed by atoms with Crippen molar-refractivity contribution < 1.29 is 5.11 Å². The Balaban J connectivity index is 2.41. The Labute approximate surface area is 100 Å². The summed E-state index contributed by atoms with van der Waals surface area (Å²) in [6.45, 7) is 0. The van der Waals surface area contributed by atoms with Gasteiger partial charge in [-0.25, -0.2) is 0 Å². The maximum atomic E-state index is 10.1. The number of nitrogen functional groups attached to an aromatic ring is 1. The molecular formula is C11H10BrNOS. The molecule has 4 heteroatoms. The number of aliphatic hydroxyl groups is 1. The fourth-order valence-corrected chi connectivity index (χ4v) is 2.95. The van der Waals surface area contributed by atoms with Crippen LogP contribution in [0.4, 0.5) is 5.69 Å². The Hall–Kier alpha value is -0.840. The molecule has 0 spiro atoms. The largest absolute Gasteiger partial charge is 0.398 e. The molecule has 2 nitrogen and oxygen atoms in total. The quantitative estimate of drug-likeness (QED) is 0.832. The van der Waals surface area contributed by atoms with Gasteiger partial charge in [0.25, 0.3) is 0 Å². The molecule has 0 bridgehead atoms. The minimum absolute atomic E-state index is 0.614. The van der Waals surface area contributed by atoms with Gasteiger partial charge < -0.3 is 10.8 Å². The lowest BCUT2D eigenvalue weighted by Gasteiger charge is -2.12. The smallest absolute Gasteiger partial charge is 0.108 e. The van der Waals surface area contributed by atoms with E-state index in [2.05, 4.69) is 15.9 Å². The third-order valence-electron chi connectivity index (χ3n) is 2.23. The molecular weight excluding hydrogens is 274 g/mol. The lowest BCUT2D eigenvalue weighted by atomic mass is 10.0. The third-order valence-corrected chi connectivity index (χ3v) is 3.98. The van der Waals surface area contributed by atoms with Crippen molar-refractivity contribution in [3.05, 3.63) is 50.6 Å². The van der Waals surface area contributed by atoms with E-state index in [9.17, 15) is 5.11 Å². The Kier molecular flexibility index (Phi) is 3.09. The molecule has 1 aromatic heterocycles. The maximum absolute atomic E-state index is 10.1. The number of hydrogen-bond acceptors (Lipinski definition) is 3. The molecule has 0 radical (unpaired) electrons. The minimum atomic E-state index is -0.660. The number of anilines is 1. The summed E-state index contributed by atoms with van der Waals surface area (Å²) in [5.41, 5.74) is 8.03. The van der Waals surface area contributed by atoms with Crippen LogP contribution in [0.1, 0.15) is 17.2 Å². The molecule has 0 amide bonds. The third kappa shape index (κ3) is 2.07. The van der Waals surface area contributed by atoms with Crippen LogP contribution in [0.2, 0.25) is 0 Å². The van der Waals surface area contributed by atoms with E-state index in [1.165, 1.54) is 0 Å². The van der Waals surface area contributed by atoms with Crippen LogP contribution in [0.3, 0.4) is 0 Å². The number of thiophene rings is 1. The number of halogens is 1. The number of hydrogen-bond donors (Lipinski definition) is 2. The monoisotopic (exact) mass is 283 g/mol. The molecule has 0 aliphatic heterocycles. The molecule has 0 saturated heterocycles. The van der Waals surface area contributed by atoms with Crippen molar-refractivity contribution in [2.75, 3.05) is 5.73 Å². The van der Waals surface area contributed by atoms with Crippen molar-refractivity contribution in [3.8, 4) is 0 Å². The van der Waals surface area contributed by atoms with Gasteiger partial charge >= 0.3 is 0 Å². The molecule has 1 aromatic carbocycles. The number of benzene rings is 1. The first-order chi connectivity index (χ1) is 7.20. The molecule has 0 aliphatic rings. The topological polar surface area (TPSA) is 46.2 Å². The van der Waals surface area contributed by atoms with Crippen molar-refractivity contribution in [2.45, 2.75) is 6.10 Å². The van der Waals surface area contributed by atoms with Crippen LogP contribution in [-0.4, -0.2) is 5.11 Å². The summed E-state index contributed by atoms with van der Waals surface area (Å²) in [5, 5.41) is 14.0. The van der Waals surface area contributed by atoms with E-state index >= 15 is 0 Å². The number of rotatable bonds is 2. The van der Waals surface area contributed by atoms with Crippen LogP contribution in [-0.2, 0) is 0 Å². The molecule has 1 atom stereocenters. The molecule has 3 N–H and O–H groups in total. The van der Waals surface area contributed by atoms with Crippen molar-refractivity contribution in [1.29, 1.82) is 0 Å². The van der Waals surface area contributed by atoms with E-state index < -0.39 is 6.10 Å². The average Bonchev–Trinajstić information content (AvgIpc) is 2.64. The fourth-order valence-electron chi connectivity index (χ4n) is 1.41. The first-order valence-electron chi connectivity index (χ1n) is 4.44. The SMILES string of the molecule is Nc1ccccc1C(O)c1cscc1Br. The molecule has 0 saturated carbocycles. The molecule has 78 valence electrons. The highest BCUT2D eigenvalue weighted by Gasteiger charge is 2.16. The Morgan fingerprint density at radius 2 is 1.93 bits per heavy atom. The molecule has 15 heavy (non-hydrogen) atoms. The number of nitrogens with two attached hydrogens (primary N) is 1. The predicted octanol–water partition coefficient (Wildman–Crippen LogP) is 3.17. The van der Waals surface area contributed by atoms with Gasteiger partial charge in [-0.3, -0.25) is 0 Å². The standard InChI is InChI=1S/C11H10BrNOS/c12-9-6-15-5-8(9)11(14)7-3-1-2-4-10(7)13/h1-6,11,14H,13H2. The summed E-state index contributed by atoms with van der Waals surface area (Å²) in [4.78, 5) is 0. The number of aliphatic hydroxyl groups excluding tert-OH is 1. The van der Waals surface area contributed by atoms with E-state index in [-0.39, 0.29) is 0 Å². The van der Waals surface area contributed by atoms with Gasteiger partial charge in [-0.05, 0) is 27.4 Å². The molecule has 2 aromatic rings. The zero-order valence-electron chi connectivity index (χ0n) is 7.85. The van der Waals surface area contributed by atoms with E-state index in [0.29, 0.717) is 5.69 Å². The summed E-state index contributed by atoms with van der Waals surface area (Å²) >= 11 is 4.95. The summed E-state index contributed by atoms with van der Waals surface area (Å²) in [5.74, 6) is 0. The van der Waals surface area contributed by atoms with Gasteiger partial charge in [0.05, 0.1) is 0 Å². The van der Waals surface area contributed by atoms with Crippen molar-refractivity contribution in [3.63, 3.8) is 0 Å². The highest BCUT2D eigenvalue weighted by molar-refractivity contribution is 9.10. The Morgan fingerprint density at radius 1 is 1.20 bits per heavy atom. The van der Waals surface area contributed by atoms with E-state index in [1.54, 1.807) is 17.4 Å². The normalized spacial score (nSPS) is 12.7. The summed E-state index contributed by atoms with van der Waals surface area (Å²) in [6, 6.07) is 7.35. The Bertz CT molecular complexity index is 469. The molecule has 0 aliphatic carbocycles. The first kappa shape index (κ1) is 10.7. The van der Waals surface area contributed by atoms with E-state index in [0.717, 1.165) is 15.6 Å². The lowest BCUT2D eigenvalue weighted by Crippen LogP contribution is -2.02. The van der Waals surface area contributed by atoms with Gasteiger partial charge in [0, 0.05) is 26.7 Å². The first-order valence-corrected chi connectivity index (χ1v) is 6.18. The highest BCUT2D eigenvalue weighted by atomic mass is 79.9. The molecule has 1 unspecified atom stereocenters. The second-order valence-corrected chi connectivity index (χ2v) is 4.80. The van der Waals surface area contributed by atoms with Crippen molar-refractivity contribution in [1.82, 2.24) is 0 Å². The van der Waals surface area contributed by atoms with Gasteiger partial charge in [0.2, 0.25) is 0 Å². The zero-order valence-corrected chi connectivity index (χ0v) is 10.3. The fraction of sp³-hybridized carbons (Fsp3) is 0.0909. The molecule has 2 rings (SSSR count). The van der Waals surface area contributed by atoms with Gasteiger partial charge in [-0.2, -0.15) is 11.3 Å². The summed E-state index contributed by atoms with van der Waals surface area (Å²) < 4.78 is 0.920. The highest BCUT2D eigenvalue weighted by Crippen LogP contribution is 2.33. The van der Waals surface area contributed by atoms with Gasteiger partial charge in [0.1, 0.15) is 6.10 Å². The van der Waals surface area contributed by atoms with E-state index in [1.807, 2.05) is 29.0 Å². The van der Waals surface area contributed by atoms with E-state index in [4.69, 9.17) is 5.73 Å². The lowest BCUT2D eigenvalue weighted by molar-refractivity contribution is 0.221. The van der Waals surface area contributed by atoms with Gasteiger partial charge in [-0.15, -0.1) is 0 Å².